The van der Waals surface area contributed by atoms with E-state index >= 15 is 0 Å². The molecule has 0 heterocycles. The molecule has 0 amide bonds. The second-order valence-corrected chi connectivity index (χ2v) is 7.80. The van der Waals surface area contributed by atoms with E-state index in [2.05, 4.69) is 20.4 Å². The second-order valence-electron chi connectivity index (χ2n) is 7.80. The van der Waals surface area contributed by atoms with E-state index < -0.39 is 5.97 Å². The van der Waals surface area contributed by atoms with Crippen molar-refractivity contribution in [3.63, 3.8) is 0 Å². The molecule has 0 aromatic rings. The highest BCUT2D eigenvalue weighted by atomic mass is 16.4. The monoisotopic (exact) mass is 352 g/mol. The lowest BCUT2D eigenvalue weighted by Gasteiger charge is -2.16. The van der Waals surface area contributed by atoms with Crippen molar-refractivity contribution in [3.8, 4) is 0 Å². The van der Waals surface area contributed by atoms with E-state index in [-0.39, 0.29) is 0 Å². The largest absolute Gasteiger partial charge is 0.478 e. The first kappa shape index (κ1) is 24.2. The van der Waals surface area contributed by atoms with Gasteiger partial charge >= 0.3 is 5.97 Å². The minimum absolute atomic E-state index is 0.389. The van der Waals surface area contributed by atoms with Gasteiger partial charge in [-0.15, -0.1) is 0 Å². The fourth-order valence-corrected chi connectivity index (χ4v) is 3.55. The van der Waals surface area contributed by atoms with E-state index in [0.29, 0.717) is 17.9 Å². The first-order chi connectivity index (χ1) is 12.1. The van der Waals surface area contributed by atoms with Crippen LogP contribution in [0.4, 0.5) is 0 Å². The van der Waals surface area contributed by atoms with Crippen molar-refractivity contribution in [2.75, 3.05) is 0 Å². The summed E-state index contributed by atoms with van der Waals surface area (Å²) in [5.74, 6) is -0.303. The predicted molar refractivity (Wildman–Crippen MR) is 110 cm³/mol. The van der Waals surface area contributed by atoms with Gasteiger partial charge in [-0.2, -0.15) is 0 Å². The van der Waals surface area contributed by atoms with Crippen LogP contribution >= 0.6 is 0 Å². The van der Waals surface area contributed by atoms with Gasteiger partial charge in [0.1, 0.15) is 0 Å². The quantitative estimate of drug-likeness (QED) is 0.189. The van der Waals surface area contributed by atoms with Crippen molar-refractivity contribution in [2.24, 2.45) is 5.92 Å². The SMILES string of the molecule is C=C(CC(CCCC)CCCCCCCCCCCCCC)C(=O)O. The highest BCUT2D eigenvalue weighted by molar-refractivity contribution is 5.85. The minimum atomic E-state index is -0.823. The fraction of sp³-hybridized carbons (Fsp3) is 0.870. The Morgan fingerprint density at radius 2 is 1.12 bits per heavy atom. The third-order valence-corrected chi connectivity index (χ3v) is 5.27. The molecule has 0 aliphatic carbocycles. The fourth-order valence-electron chi connectivity index (χ4n) is 3.55. The van der Waals surface area contributed by atoms with Gasteiger partial charge in [0.05, 0.1) is 0 Å². The standard InChI is InChI=1S/C23H44O2/c1-4-6-8-9-10-11-12-13-14-15-16-17-19-22(18-7-5-2)20-21(3)23(24)25/h22H,3-20H2,1-2H3,(H,24,25). The molecule has 0 saturated carbocycles. The molecule has 1 unspecified atom stereocenters. The van der Waals surface area contributed by atoms with Crippen molar-refractivity contribution in [1.82, 2.24) is 0 Å². The molecule has 2 heteroatoms. The van der Waals surface area contributed by atoms with Crippen LogP contribution in [0, 0.1) is 5.92 Å². The molecule has 0 aromatic heterocycles. The molecule has 1 atom stereocenters. The van der Waals surface area contributed by atoms with Gasteiger partial charge in [0, 0.05) is 5.57 Å². The van der Waals surface area contributed by atoms with Crippen LogP contribution in [0.3, 0.4) is 0 Å². The zero-order valence-electron chi connectivity index (χ0n) is 17.2. The van der Waals surface area contributed by atoms with Gasteiger partial charge in [0.25, 0.3) is 0 Å². The van der Waals surface area contributed by atoms with E-state index in [1.165, 1.54) is 96.3 Å². The summed E-state index contributed by atoms with van der Waals surface area (Å²) in [5.41, 5.74) is 0.389. The molecule has 0 spiro atoms. The van der Waals surface area contributed by atoms with E-state index in [1.807, 2.05) is 0 Å². The molecular weight excluding hydrogens is 308 g/mol. The smallest absolute Gasteiger partial charge is 0.330 e. The average molecular weight is 353 g/mol. The average Bonchev–Trinajstić information content (AvgIpc) is 2.60. The lowest BCUT2D eigenvalue weighted by atomic mass is 9.89. The Morgan fingerprint density at radius 3 is 1.56 bits per heavy atom. The van der Waals surface area contributed by atoms with Crippen LogP contribution in [-0.2, 0) is 4.79 Å². The molecule has 0 fully saturated rings. The van der Waals surface area contributed by atoms with Crippen LogP contribution in [0.1, 0.15) is 123 Å². The van der Waals surface area contributed by atoms with Crippen molar-refractivity contribution in [1.29, 1.82) is 0 Å². The van der Waals surface area contributed by atoms with Crippen LogP contribution in [0.2, 0.25) is 0 Å². The summed E-state index contributed by atoms with van der Waals surface area (Å²) in [6.45, 7) is 8.19. The summed E-state index contributed by atoms with van der Waals surface area (Å²) in [6.07, 6.45) is 21.9. The van der Waals surface area contributed by atoms with Gasteiger partial charge in [0.15, 0.2) is 0 Å². The van der Waals surface area contributed by atoms with Crippen LogP contribution < -0.4 is 0 Å². The molecule has 0 aliphatic heterocycles. The van der Waals surface area contributed by atoms with Crippen molar-refractivity contribution < 1.29 is 9.90 Å². The Balaban J connectivity index is 3.57. The predicted octanol–water partition coefficient (Wildman–Crippen LogP) is 7.91. The summed E-state index contributed by atoms with van der Waals surface area (Å²) in [4.78, 5) is 11.0. The van der Waals surface area contributed by atoms with Crippen molar-refractivity contribution in [3.05, 3.63) is 12.2 Å². The molecule has 0 rings (SSSR count). The Kier molecular flexibility index (Phi) is 17.4. The first-order valence-corrected chi connectivity index (χ1v) is 11.0. The van der Waals surface area contributed by atoms with Crippen LogP contribution in [0.25, 0.3) is 0 Å². The summed E-state index contributed by atoms with van der Waals surface area (Å²) < 4.78 is 0. The zero-order valence-corrected chi connectivity index (χ0v) is 17.2. The topological polar surface area (TPSA) is 37.3 Å². The van der Waals surface area contributed by atoms with E-state index in [9.17, 15) is 4.79 Å². The maximum Gasteiger partial charge on any atom is 0.330 e. The maximum atomic E-state index is 11.0. The van der Waals surface area contributed by atoms with Crippen LogP contribution in [-0.4, -0.2) is 11.1 Å². The number of unbranched alkanes of at least 4 members (excludes halogenated alkanes) is 12. The van der Waals surface area contributed by atoms with Crippen molar-refractivity contribution in [2.45, 2.75) is 123 Å². The first-order valence-electron chi connectivity index (χ1n) is 11.0. The summed E-state index contributed by atoms with van der Waals surface area (Å²) in [7, 11) is 0. The molecule has 148 valence electrons. The van der Waals surface area contributed by atoms with E-state index in [4.69, 9.17) is 5.11 Å². The number of aliphatic carboxylic acids is 1. The van der Waals surface area contributed by atoms with Crippen molar-refractivity contribution >= 4 is 5.97 Å². The maximum absolute atomic E-state index is 11.0. The highest BCUT2D eigenvalue weighted by Crippen LogP contribution is 2.24. The number of hydrogen-bond donors (Lipinski definition) is 1. The lowest BCUT2D eigenvalue weighted by molar-refractivity contribution is -0.132. The molecule has 2 nitrogen and oxygen atoms in total. The Bertz CT molecular complexity index is 322. The molecule has 0 saturated heterocycles. The third-order valence-electron chi connectivity index (χ3n) is 5.27. The van der Waals surface area contributed by atoms with Gasteiger partial charge in [-0.25, -0.2) is 4.79 Å². The zero-order chi connectivity index (χ0) is 18.8. The lowest BCUT2D eigenvalue weighted by Crippen LogP contribution is -2.08. The Hall–Kier alpha value is -0.790. The minimum Gasteiger partial charge on any atom is -0.478 e. The van der Waals surface area contributed by atoms with E-state index in [0.717, 1.165) is 6.42 Å². The third kappa shape index (κ3) is 16.4. The number of carboxylic acid groups (broad SMARTS) is 1. The summed E-state index contributed by atoms with van der Waals surface area (Å²) in [5, 5.41) is 9.03. The van der Waals surface area contributed by atoms with Gasteiger partial charge in [0.2, 0.25) is 0 Å². The molecule has 25 heavy (non-hydrogen) atoms. The molecule has 0 bridgehead atoms. The second kappa shape index (κ2) is 18.0. The molecule has 0 aromatic carbocycles. The molecule has 0 aliphatic rings. The van der Waals surface area contributed by atoms with Gasteiger partial charge in [-0.05, 0) is 12.3 Å². The summed E-state index contributed by atoms with van der Waals surface area (Å²) in [6, 6.07) is 0. The van der Waals surface area contributed by atoms with Crippen LogP contribution in [0.5, 0.6) is 0 Å². The Labute approximate surface area is 157 Å². The molecule has 0 radical (unpaired) electrons. The molecular formula is C23H44O2. The Morgan fingerprint density at radius 1 is 0.720 bits per heavy atom. The number of carboxylic acids is 1. The highest BCUT2D eigenvalue weighted by Gasteiger charge is 2.13. The molecule has 1 N–H and O–H groups in total. The van der Waals surface area contributed by atoms with Gasteiger partial charge in [-0.1, -0.05) is 123 Å². The normalized spacial score (nSPS) is 12.2. The van der Waals surface area contributed by atoms with Crippen LogP contribution in [0.15, 0.2) is 12.2 Å². The van der Waals surface area contributed by atoms with Gasteiger partial charge in [-0.3, -0.25) is 0 Å². The van der Waals surface area contributed by atoms with E-state index in [1.54, 1.807) is 0 Å². The number of carbonyl (C=O) groups is 1. The number of rotatable bonds is 19. The number of hydrogen-bond acceptors (Lipinski definition) is 1. The van der Waals surface area contributed by atoms with Gasteiger partial charge < -0.3 is 5.11 Å². The summed E-state index contributed by atoms with van der Waals surface area (Å²) >= 11 is 0.